The molecule has 0 atom stereocenters. The number of amides is 1. The summed E-state index contributed by atoms with van der Waals surface area (Å²) in [5, 5.41) is 13.7. The van der Waals surface area contributed by atoms with E-state index in [1.807, 2.05) is 0 Å². The van der Waals surface area contributed by atoms with Crippen LogP contribution in [-0.2, 0) is 4.79 Å². The van der Waals surface area contributed by atoms with Crippen LogP contribution in [0.25, 0.3) is 0 Å². The molecule has 0 heterocycles. The first-order valence-electron chi connectivity index (χ1n) is 5.97. The molecule has 1 aliphatic rings. The van der Waals surface area contributed by atoms with Gasteiger partial charge in [-0.3, -0.25) is 14.9 Å². The molecule has 0 spiro atoms. The van der Waals surface area contributed by atoms with E-state index in [1.165, 1.54) is 18.2 Å². The molecule has 6 nitrogen and oxygen atoms in total. The minimum Gasteiger partial charge on any atom is -0.319 e. The van der Waals surface area contributed by atoms with Crippen molar-refractivity contribution in [3.05, 3.63) is 33.3 Å². The van der Waals surface area contributed by atoms with Crippen LogP contribution in [-0.4, -0.2) is 16.4 Å². The third-order valence-electron chi connectivity index (χ3n) is 3.35. The predicted molar refractivity (Wildman–Crippen MR) is 72.1 cm³/mol. The van der Waals surface area contributed by atoms with Crippen LogP contribution >= 0.6 is 11.6 Å². The summed E-state index contributed by atoms with van der Waals surface area (Å²) in [6.45, 7) is 0. The molecule has 0 saturated heterocycles. The number of anilines is 1. The molecule has 1 fully saturated rings. The van der Waals surface area contributed by atoms with Gasteiger partial charge in [0, 0.05) is 11.1 Å². The lowest BCUT2D eigenvalue weighted by Crippen LogP contribution is -2.48. The van der Waals surface area contributed by atoms with Crippen molar-refractivity contribution in [1.82, 2.24) is 0 Å². The third kappa shape index (κ3) is 2.85. The molecule has 1 aliphatic carbocycles. The van der Waals surface area contributed by atoms with Crippen molar-refractivity contribution < 1.29 is 9.72 Å². The molecule has 3 N–H and O–H groups in total. The predicted octanol–water partition coefficient (Wildman–Crippen LogP) is 2.46. The van der Waals surface area contributed by atoms with Crippen molar-refractivity contribution in [3.8, 4) is 0 Å². The van der Waals surface area contributed by atoms with Gasteiger partial charge in [0.05, 0.1) is 10.5 Å². The zero-order chi connectivity index (χ0) is 14.0. The second kappa shape index (κ2) is 5.14. The number of carbonyl (C=O) groups is 1. The van der Waals surface area contributed by atoms with Crippen molar-refractivity contribution in [2.75, 3.05) is 5.32 Å². The zero-order valence-corrected chi connectivity index (χ0v) is 10.9. The molecule has 102 valence electrons. The molecule has 2 rings (SSSR count). The summed E-state index contributed by atoms with van der Waals surface area (Å²) in [4.78, 5) is 22.4. The number of nitrogens with zero attached hydrogens (tertiary/aromatic N) is 1. The Morgan fingerprint density at radius 1 is 1.42 bits per heavy atom. The van der Waals surface area contributed by atoms with E-state index in [1.54, 1.807) is 0 Å². The Morgan fingerprint density at radius 3 is 2.63 bits per heavy atom. The fourth-order valence-corrected chi connectivity index (χ4v) is 2.41. The SMILES string of the molecule is NC1(C(=O)Nc2ccc(Cl)cc2[N+](=O)[O-])CCCC1. The highest BCUT2D eigenvalue weighted by Crippen LogP contribution is 2.31. The smallest absolute Gasteiger partial charge is 0.294 e. The third-order valence-corrected chi connectivity index (χ3v) is 3.59. The summed E-state index contributed by atoms with van der Waals surface area (Å²) in [5.41, 5.74) is 4.96. The van der Waals surface area contributed by atoms with Crippen LogP contribution in [0.5, 0.6) is 0 Å². The monoisotopic (exact) mass is 283 g/mol. The van der Waals surface area contributed by atoms with Gasteiger partial charge < -0.3 is 11.1 Å². The lowest BCUT2D eigenvalue weighted by molar-refractivity contribution is -0.383. The molecule has 1 aromatic rings. The molecule has 1 saturated carbocycles. The summed E-state index contributed by atoms with van der Waals surface area (Å²) >= 11 is 5.71. The number of halogens is 1. The highest BCUT2D eigenvalue weighted by Gasteiger charge is 2.37. The number of rotatable bonds is 3. The Kier molecular flexibility index (Phi) is 3.73. The minimum absolute atomic E-state index is 0.121. The maximum Gasteiger partial charge on any atom is 0.294 e. The first-order chi connectivity index (χ1) is 8.92. The van der Waals surface area contributed by atoms with Crippen LogP contribution in [0.2, 0.25) is 5.02 Å². The summed E-state index contributed by atoms with van der Waals surface area (Å²) in [5.74, 6) is -0.379. The summed E-state index contributed by atoms with van der Waals surface area (Å²) in [6, 6.07) is 4.10. The van der Waals surface area contributed by atoms with E-state index in [9.17, 15) is 14.9 Å². The van der Waals surface area contributed by atoms with Crippen molar-refractivity contribution in [1.29, 1.82) is 0 Å². The first-order valence-corrected chi connectivity index (χ1v) is 6.34. The summed E-state index contributed by atoms with van der Waals surface area (Å²) < 4.78 is 0. The molecule has 0 aliphatic heterocycles. The van der Waals surface area contributed by atoms with Gasteiger partial charge in [-0.1, -0.05) is 24.4 Å². The van der Waals surface area contributed by atoms with E-state index in [2.05, 4.69) is 5.32 Å². The number of nitrogens with two attached hydrogens (primary N) is 1. The van der Waals surface area contributed by atoms with E-state index in [-0.39, 0.29) is 22.3 Å². The largest absolute Gasteiger partial charge is 0.319 e. The fourth-order valence-electron chi connectivity index (χ4n) is 2.24. The summed E-state index contributed by atoms with van der Waals surface area (Å²) in [6.07, 6.45) is 2.99. The normalized spacial score (nSPS) is 17.2. The highest BCUT2D eigenvalue weighted by molar-refractivity contribution is 6.31. The Hall–Kier alpha value is -1.66. The quantitative estimate of drug-likeness (QED) is 0.657. The Balaban J connectivity index is 2.23. The molecular formula is C12H14ClN3O3. The van der Waals surface area contributed by atoms with Crippen LogP contribution < -0.4 is 11.1 Å². The average molecular weight is 284 g/mol. The lowest BCUT2D eigenvalue weighted by Gasteiger charge is -2.22. The Labute approximate surface area is 115 Å². The zero-order valence-electron chi connectivity index (χ0n) is 10.2. The van der Waals surface area contributed by atoms with Gasteiger partial charge in [-0.05, 0) is 25.0 Å². The second-order valence-electron chi connectivity index (χ2n) is 4.74. The van der Waals surface area contributed by atoms with Gasteiger partial charge in [0.1, 0.15) is 5.69 Å². The van der Waals surface area contributed by atoms with Gasteiger partial charge in [-0.15, -0.1) is 0 Å². The molecule has 1 aromatic carbocycles. The van der Waals surface area contributed by atoms with Crippen molar-refractivity contribution in [2.45, 2.75) is 31.2 Å². The summed E-state index contributed by atoms with van der Waals surface area (Å²) in [7, 11) is 0. The molecule has 0 aromatic heterocycles. The van der Waals surface area contributed by atoms with Gasteiger partial charge in [-0.2, -0.15) is 0 Å². The molecule has 1 amide bonds. The van der Waals surface area contributed by atoms with Crippen LogP contribution in [0.3, 0.4) is 0 Å². The van der Waals surface area contributed by atoms with Crippen LogP contribution in [0, 0.1) is 10.1 Å². The second-order valence-corrected chi connectivity index (χ2v) is 5.17. The molecule has 0 radical (unpaired) electrons. The van der Waals surface area contributed by atoms with E-state index in [0.29, 0.717) is 12.8 Å². The van der Waals surface area contributed by atoms with Gasteiger partial charge in [0.15, 0.2) is 0 Å². The molecule has 19 heavy (non-hydrogen) atoms. The number of carbonyl (C=O) groups excluding carboxylic acids is 1. The fraction of sp³-hybridized carbons (Fsp3) is 0.417. The van der Waals surface area contributed by atoms with Gasteiger partial charge in [0.25, 0.3) is 5.69 Å². The van der Waals surface area contributed by atoms with Gasteiger partial charge >= 0.3 is 0 Å². The molecule has 0 unspecified atom stereocenters. The molecular weight excluding hydrogens is 270 g/mol. The maximum atomic E-state index is 12.1. The number of nitro groups is 1. The average Bonchev–Trinajstić information content (AvgIpc) is 2.79. The van der Waals surface area contributed by atoms with Crippen LogP contribution in [0.4, 0.5) is 11.4 Å². The number of hydrogen-bond donors (Lipinski definition) is 2. The first kappa shape index (κ1) is 13.8. The Morgan fingerprint density at radius 2 is 2.05 bits per heavy atom. The van der Waals surface area contributed by atoms with Crippen LogP contribution in [0.1, 0.15) is 25.7 Å². The number of hydrogen-bond acceptors (Lipinski definition) is 4. The van der Waals surface area contributed by atoms with Crippen molar-refractivity contribution in [3.63, 3.8) is 0 Å². The molecule has 0 bridgehead atoms. The van der Waals surface area contributed by atoms with Crippen molar-refractivity contribution >= 4 is 28.9 Å². The van der Waals surface area contributed by atoms with E-state index >= 15 is 0 Å². The minimum atomic E-state index is -0.923. The molecule has 7 heteroatoms. The van der Waals surface area contributed by atoms with E-state index < -0.39 is 10.5 Å². The van der Waals surface area contributed by atoms with Gasteiger partial charge in [0.2, 0.25) is 5.91 Å². The van der Waals surface area contributed by atoms with Crippen LogP contribution in [0.15, 0.2) is 18.2 Å². The van der Waals surface area contributed by atoms with E-state index in [4.69, 9.17) is 17.3 Å². The number of nitro benzene ring substituents is 1. The van der Waals surface area contributed by atoms with E-state index in [0.717, 1.165) is 12.8 Å². The maximum absolute atomic E-state index is 12.1. The highest BCUT2D eigenvalue weighted by atomic mass is 35.5. The topological polar surface area (TPSA) is 98.3 Å². The number of nitrogens with one attached hydrogen (secondary N) is 1. The van der Waals surface area contributed by atoms with Gasteiger partial charge in [-0.25, -0.2) is 0 Å². The number of benzene rings is 1. The Bertz CT molecular complexity index is 527. The van der Waals surface area contributed by atoms with Crippen molar-refractivity contribution in [2.24, 2.45) is 5.73 Å². The standard InChI is InChI=1S/C12H14ClN3O3/c13-8-3-4-9(10(7-8)16(18)19)15-11(17)12(14)5-1-2-6-12/h3-4,7H,1-2,5-6,14H2,(H,15,17). The lowest BCUT2D eigenvalue weighted by atomic mass is 9.98.